The van der Waals surface area contributed by atoms with Crippen LogP contribution in [-0.4, -0.2) is 55.7 Å². The van der Waals surface area contributed by atoms with Gasteiger partial charge in [-0.05, 0) is 81.4 Å². The van der Waals surface area contributed by atoms with E-state index in [0.29, 0.717) is 30.1 Å². The lowest BCUT2D eigenvalue weighted by Crippen LogP contribution is -2.41. The van der Waals surface area contributed by atoms with Crippen molar-refractivity contribution in [1.82, 2.24) is 10.2 Å². The Morgan fingerprint density at radius 2 is 1.41 bits per heavy atom. The number of carbonyl (C=O) groups excluding carboxylic acids is 1. The van der Waals surface area contributed by atoms with Gasteiger partial charge in [0.25, 0.3) is 0 Å². The lowest BCUT2D eigenvalue weighted by Gasteiger charge is -2.37. The molecule has 4 aromatic rings. The molecule has 0 bridgehead atoms. The van der Waals surface area contributed by atoms with Crippen LogP contribution in [0.3, 0.4) is 0 Å². The molecule has 49 heavy (non-hydrogen) atoms. The summed E-state index contributed by atoms with van der Waals surface area (Å²) < 4.78 is 43.3. The average Bonchev–Trinajstić information content (AvgIpc) is 3.07. The number of likely N-dealkylation sites (N-methyl/N-ethyl adjacent to an activating group) is 1. The van der Waals surface area contributed by atoms with Crippen molar-refractivity contribution in [1.29, 1.82) is 0 Å². The first kappa shape index (κ1) is 42.0. The molecule has 0 fully saturated rings. The number of hydrogen-bond acceptors (Lipinski definition) is 6. The third-order valence-corrected chi connectivity index (χ3v) is 9.18. The Morgan fingerprint density at radius 3 is 1.98 bits per heavy atom. The quantitative estimate of drug-likeness (QED) is 0.115. The molecule has 4 aromatic carbocycles. The van der Waals surface area contributed by atoms with Crippen LogP contribution in [0.1, 0.15) is 49.2 Å². The van der Waals surface area contributed by atoms with Crippen molar-refractivity contribution in [3.63, 3.8) is 0 Å². The molecule has 1 heterocycles. The number of anilines is 2. The van der Waals surface area contributed by atoms with Crippen LogP contribution in [0.2, 0.25) is 0 Å². The van der Waals surface area contributed by atoms with Crippen molar-refractivity contribution < 1.29 is 22.7 Å². The summed E-state index contributed by atoms with van der Waals surface area (Å²) in [6.07, 6.45) is -3.88. The van der Waals surface area contributed by atoms with Crippen molar-refractivity contribution in [2.45, 2.75) is 62.2 Å². The lowest BCUT2D eigenvalue weighted by molar-refractivity contribution is -0.137. The molecule has 0 aromatic heterocycles. The van der Waals surface area contributed by atoms with Crippen LogP contribution < -0.4 is 10.2 Å². The summed E-state index contributed by atoms with van der Waals surface area (Å²) in [6.45, 7) is 12.5. The summed E-state index contributed by atoms with van der Waals surface area (Å²) in [4.78, 5) is 19.5. The van der Waals surface area contributed by atoms with Crippen LogP contribution in [0.25, 0.3) is 0 Å². The Kier molecular flexibility index (Phi) is 17.5. The topological polar surface area (TPSA) is 44.8 Å². The van der Waals surface area contributed by atoms with E-state index in [2.05, 4.69) is 84.4 Å². The van der Waals surface area contributed by atoms with Gasteiger partial charge in [-0.2, -0.15) is 13.2 Å². The zero-order chi connectivity index (χ0) is 33.8. The number of carbonyl (C=O) groups is 1. The number of para-hydroxylation sites is 2. The summed E-state index contributed by atoms with van der Waals surface area (Å²) in [5.74, 6) is -0.395. The van der Waals surface area contributed by atoms with Crippen molar-refractivity contribution >= 4 is 53.9 Å². The van der Waals surface area contributed by atoms with E-state index in [-0.39, 0.29) is 37.5 Å². The zero-order valence-electron chi connectivity index (χ0n) is 28.3. The lowest BCUT2D eigenvalue weighted by atomic mass is 10.0. The first-order valence-corrected chi connectivity index (χ1v) is 16.9. The molecule has 0 aliphatic carbocycles. The molecule has 266 valence electrons. The first-order chi connectivity index (χ1) is 22.6. The van der Waals surface area contributed by atoms with Crippen LogP contribution in [0.4, 0.5) is 24.5 Å². The van der Waals surface area contributed by atoms with Gasteiger partial charge in [-0.1, -0.05) is 86.3 Å². The molecule has 1 N–H and O–H groups in total. The summed E-state index contributed by atoms with van der Waals surface area (Å²) in [6, 6.07) is 31.9. The molecule has 0 radical (unpaired) electrons. The largest absolute Gasteiger partial charge is 0.461 e. The van der Waals surface area contributed by atoms with Gasteiger partial charge in [0.15, 0.2) is 0 Å². The second kappa shape index (κ2) is 20.5. The fourth-order valence-corrected chi connectivity index (χ4v) is 6.71. The van der Waals surface area contributed by atoms with Gasteiger partial charge in [0.1, 0.15) is 6.61 Å². The summed E-state index contributed by atoms with van der Waals surface area (Å²) in [5.41, 5.74) is 3.13. The molecule has 0 saturated carbocycles. The number of alkyl halides is 3. The van der Waals surface area contributed by atoms with Gasteiger partial charge in [0.2, 0.25) is 0 Å². The second-order valence-corrected chi connectivity index (χ2v) is 12.6. The summed E-state index contributed by atoms with van der Waals surface area (Å²) in [7, 11) is 0. The van der Waals surface area contributed by atoms with Gasteiger partial charge in [-0.3, -0.25) is 4.90 Å². The van der Waals surface area contributed by atoms with Gasteiger partial charge >= 0.3 is 12.1 Å². The van der Waals surface area contributed by atoms with Crippen molar-refractivity contribution in [2.24, 2.45) is 0 Å². The van der Waals surface area contributed by atoms with Gasteiger partial charge in [-0.15, -0.1) is 24.8 Å². The molecular weight excluding hydrogens is 690 g/mol. The zero-order valence-corrected chi connectivity index (χ0v) is 30.7. The van der Waals surface area contributed by atoms with Crippen LogP contribution in [0.15, 0.2) is 113 Å². The number of ether oxygens (including phenoxy) is 1. The minimum Gasteiger partial charge on any atom is -0.461 e. The maximum atomic E-state index is 12.7. The molecule has 0 spiro atoms. The standard InChI is InChI=1S/C19H20F3NO2.C19H24N2S.2ClH/c1-14(12-15-6-5-9-17(13-15)19(20,21)22)23-10-11-25-18(24)16-7-3-2-4-8-16;1-4-20(5-2)15(3)14-21-16-10-6-8-12-18(16)22-19-13-9-7-11-17(19)21;;/h2-9,13-14,23H,10-12H2,1H3;6-13,15H,4-5,14H2,1-3H3;2*1H. The predicted molar refractivity (Wildman–Crippen MR) is 200 cm³/mol. The van der Waals surface area contributed by atoms with E-state index >= 15 is 0 Å². The normalized spacial score (nSPS) is 13.0. The fourth-order valence-electron chi connectivity index (χ4n) is 5.61. The third kappa shape index (κ3) is 12.3. The number of benzene rings is 4. The number of nitrogens with one attached hydrogen (secondary N) is 1. The molecule has 5 rings (SSSR count). The highest BCUT2D eigenvalue weighted by molar-refractivity contribution is 7.99. The Labute approximate surface area is 305 Å². The number of hydrogen-bond donors (Lipinski definition) is 1. The number of halogens is 5. The van der Waals surface area contributed by atoms with E-state index in [9.17, 15) is 18.0 Å². The van der Waals surface area contributed by atoms with E-state index < -0.39 is 17.7 Å². The molecule has 2 unspecified atom stereocenters. The maximum Gasteiger partial charge on any atom is 0.416 e. The summed E-state index contributed by atoms with van der Waals surface area (Å²) in [5, 5.41) is 3.14. The fraction of sp³-hybridized carbons (Fsp3) is 0.342. The van der Waals surface area contributed by atoms with E-state index in [1.807, 2.05) is 24.8 Å². The van der Waals surface area contributed by atoms with Crippen molar-refractivity contribution in [2.75, 3.05) is 37.7 Å². The van der Waals surface area contributed by atoms with Gasteiger partial charge in [-0.25, -0.2) is 4.79 Å². The predicted octanol–water partition coefficient (Wildman–Crippen LogP) is 9.95. The van der Waals surface area contributed by atoms with E-state index in [1.165, 1.54) is 27.2 Å². The molecule has 1 aliphatic heterocycles. The smallest absolute Gasteiger partial charge is 0.416 e. The molecule has 0 amide bonds. The highest BCUT2D eigenvalue weighted by Crippen LogP contribution is 2.47. The van der Waals surface area contributed by atoms with Crippen molar-refractivity contribution in [3.8, 4) is 0 Å². The minimum absolute atomic E-state index is 0. The number of nitrogens with zero attached hydrogens (tertiary/aromatic N) is 2. The van der Waals surface area contributed by atoms with Crippen LogP contribution in [0.5, 0.6) is 0 Å². The highest BCUT2D eigenvalue weighted by Gasteiger charge is 2.30. The number of fused-ring (bicyclic) bond motifs is 2. The molecule has 1 aliphatic rings. The average molecular weight is 737 g/mol. The Bertz CT molecular complexity index is 1530. The maximum absolute atomic E-state index is 12.7. The first-order valence-electron chi connectivity index (χ1n) is 16.1. The van der Waals surface area contributed by atoms with Crippen LogP contribution in [0, 0.1) is 0 Å². The molecule has 11 heteroatoms. The van der Waals surface area contributed by atoms with Gasteiger partial charge < -0.3 is 15.0 Å². The highest BCUT2D eigenvalue weighted by atomic mass is 35.5. The number of esters is 1. The Balaban J connectivity index is 0.000000329. The molecule has 0 saturated heterocycles. The number of rotatable bonds is 12. The summed E-state index contributed by atoms with van der Waals surface area (Å²) >= 11 is 1.88. The molecule has 5 nitrogen and oxygen atoms in total. The van der Waals surface area contributed by atoms with Crippen LogP contribution >= 0.6 is 36.6 Å². The Hall–Kier alpha value is -3.21. The SMILES string of the molecule is CC(Cc1cccc(C(F)(F)F)c1)NCCOC(=O)c1ccccc1.CCN(CC)C(C)CN1c2ccccc2Sc2ccccc21.Cl.Cl. The van der Waals surface area contributed by atoms with Crippen LogP contribution in [-0.2, 0) is 17.3 Å². The third-order valence-electron chi connectivity index (χ3n) is 8.05. The monoisotopic (exact) mass is 735 g/mol. The molecular formula is C38H46Cl2F3N3O2S. The van der Waals surface area contributed by atoms with Gasteiger partial charge in [0, 0.05) is 35.0 Å². The van der Waals surface area contributed by atoms with Gasteiger partial charge in [0.05, 0.1) is 22.5 Å². The Morgan fingerprint density at radius 1 is 0.837 bits per heavy atom. The molecule has 2 atom stereocenters. The second-order valence-electron chi connectivity index (χ2n) is 11.5. The van der Waals surface area contributed by atoms with Crippen molar-refractivity contribution in [3.05, 3.63) is 120 Å². The van der Waals surface area contributed by atoms with E-state index in [1.54, 1.807) is 30.3 Å². The van der Waals surface area contributed by atoms with E-state index in [0.717, 1.165) is 31.8 Å². The van der Waals surface area contributed by atoms with E-state index in [4.69, 9.17) is 4.74 Å². The minimum atomic E-state index is -4.34.